The van der Waals surface area contributed by atoms with E-state index in [-0.39, 0.29) is 31.4 Å². The number of ether oxygens (including phenoxy) is 3. The van der Waals surface area contributed by atoms with E-state index in [1.54, 1.807) is 17.0 Å². The van der Waals surface area contributed by atoms with Crippen molar-refractivity contribution in [3.8, 4) is 0 Å². The van der Waals surface area contributed by atoms with Crippen molar-refractivity contribution < 1.29 is 37.8 Å². The number of nitrogens with zero attached hydrogens (tertiary/aromatic N) is 4. The average molecular weight is 519 g/mol. The second-order valence-corrected chi connectivity index (χ2v) is 10.4. The van der Waals surface area contributed by atoms with Gasteiger partial charge >= 0.3 is 18.3 Å². The minimum atomic E-state index is -0.685. The van der Waals surface area contributed by atoms with Crippen LogP contribution >= 0.6 is 0 Å². The average Bonchev–Trinajstić information content (AvgIpc) is 3.57. The Morgan fingerprint density at radius 2 is 1.86 bits per heavy atom. The van der Waals surface area contributed by atoms with Crippen LogP contribution in [0.5, 0.6) is 0 Å². The van der Waals surface area contributed by atoms with Crippen molar-refractivity contribution in [1.82, 2.24) is 9.96 Å². The van der Waals surface area contributed by atoms with Gasteiger partial charge in [-0.2, -0.15) is 5.06 Å². The minimum Gasteiger partial charge on any atom is -0.444 e. The number of halogens is 1. The SMILES string of the molecule is CC(C)(C)OC(=O)N1CCN(c2ccc(N3C[C@H](COC(=O)N4OC5C=CC4C5)OC3=O)cc2F)CC1. The molecule has 1 aromatic rings. The number of hydrogen-bond donors (Lipinski definition) is 0. The second-order valence-electron chi connectivity index (χ2n) is 10.4. The Balaban J connectivity index is 1.13. The third-order valence-electron chi connectivity index (χ3n) is 6.53. The van der Waals surface area contributed by atoms with Crippen LogP contribution in [0.2, 0.25) is 0 Å². The molecule has 3 saturated heterocycles. The fourth-order valence-electron chi connectivity index (χ4n) is 4.73. The number of carbonyl (C=O) groups is 3. The van der Waals surface area contributed by atoms with E-state index in [9.17, 15) is 14.4 Å². The molecule has 3 aliphatic heterocycles. The molecule has 12 heteroatoms. The summed E-state index contributed by atoms with van der Waals surface area (Å²) < 4.78 is 31.1. The van der Waals surface area contributed by atoms with Crippen molar-refractivity contribution in [3.63, 3.8) is 0 Å². The lowest BCUT2D eigenvalue weighted by Gasteiger charge is -2.37. The maximum Gasteiger partial charge on any atom is 0.434 e. The summed E-state index contributed by atoms with van der Waals surface area (Å²) in [5.74, 6) is -0.486. The summed E-state index contributed by atoms with van der Waals surface area (Å²) in [6.07, 6.45) is 2.06. The highest BCUT2D eigenvalue weighted by Crippen LogP contribution is 2.31. The van der Waals surface area contributed by atoms with Gasteiger partial charge in [0, 0.05) is 32.6 Å². The van der Waals surface area contributed by atoms with Crippen LogP contribution in [0.15, 0.2) is 30.4 Å². The number of amides is 3. The van der Waals surface area contributed by atoms with E-state index in [2.05, 4.69) is 0 Å². The van der Waals surface area contributed by atoms with Crippen molar-refractivity contribution >= 4 is 29.7 Å². The molecule has 0 spiro atoms. The minimum absolute atomic E-state index is 0.107. The van der Waals surface area contributed by atoms with E-state index in [0.29, 0.717) is 44.0 Å². The van der Waals surface area contributed by atoms with Gasteiger partial charge in [-0.15, -0.1) is 0 Å². The van der Waals surface area contributed by atoms with Gasteiger partial charge in [0.25, 0.3) is 0 Å². The summed E-state index contributed by atoms with van der Waals surface area (Å²) in [5, 5.41) is 1.20. The standard InChI is InChI=1S/C25H31FN4O7/c1-25(2,3)36-22(31)28-10-8-27(9-11-28)21-7-5-16(13-20(21)26)29-14-19(35-23(29)32)15-34-24(33)30-17-4-6-18(12-17)37-30/h4-7,13,17-19H,8-12,14-15H2,1-3H3/t17?,18?,19-/m1/s1. The van der Waals surface area contributed by atoms with Crippen molar-refractivity contribution in [3.05, 3.63) is 36.2 Å². The first kappa shape index (κ1) is 25.1. The topological polar surface area (TPSA) is 101 Å². The zero-order chi connectivity index (χ0) is 26.3. The molecule has 200 valence electrons. The summed E-state index contributed by atoms with van der Waals surface area (Å²) >= 11 is 0. The summed E-state index contributed by atoms with van der Waals surface area (Å²) in [6, 6.07) is 4.41. The molecule has 2 bridgehead atoms. The van der Waals surface area contributed by atoms with Gasteiger partial charge in [0.1, 0.15) is 24.1 Å². The third kappa shape index (κ3) is 5.43. The Bertz CT molecular complexity index is 1100. The number of piperazine rings is 1. The Morgan fingerprint density at radius 3 is 2.49 bits per heavy atom. The molecule has 4 aliphatic rings. The van der Waals surface area contributed by atoms with Crippen LogP contribution < -0.4 is 9.80 Å². The number of carbonyl (C=O) groups excluding carboxylic acids is 3. The lowest BCUT2D eigenvalue weighted by atomic mass is 10.2. The summed E-state index contributed by atoms with van der Waals surface area (Å²) in [6.45, 7) is 7.15. The molecule has 1 aromatic carbocycles. The van der Waals surface area contributed by atoms with E-state index in [1.807, 2.05) is 37.8 Å². The predicted octanol–water partition coefficient (Wildman–Crippen LogP) is 3.29. The molecular formula is C25H31FN4O7. The van der Waals surface area contributed by atoms with Crippen LogP contribution in [0.4, 0.5) is 30.1 Å². The number of hydroxylamine groups is 2. The fraction of sp³-hybridized carbons (Fsp3) is 0.560. The van der Waals surface area contributed by atoms with E-state index in [1.165, 1.54) is 16.0 Å². The van der Waals surface area contributed by atoms with Gasteiger partial charge in [-0.1, -0.05) is 12.2 Å². The maximum atomic E-state index is 15.1. The van der Waals surface area contributed by atoms with E-state index in [4.69, 9.17) is 19.0 Å². The summed E-state index contributed by atoms with van der Waals surface area (Å²) in [5.41, 5.74) is 0.157. The van der Waals surface area contributed by atoms with Crippen molar-refractivity contribution in [2.24, 2.45) is 0 Å². The summed E-state index contributed by atoms with van der Waals surface area (Å²) in [7, 11) is 0. The first-order valence-corrected chi connectivity index (χ1v) is 12.4. The van der Waals surface area contributed by atoms with Crippen LogP contribution in [0.1, 0.15) is 27.2 Å². The number of hydrogen-bond acceptors (Lipinski definition) is 8. The van der Waals surface area contributed by atoms with E-state index < -0.39 is 29.7 Å². The van der Waals surface area contributed by atoms with Crippen LogP contribution in [-0.4, -0.2) is 91.4 Å². The zero-order valence-corrected chi connectivity index (χ0v) is 21.1. The number of anilines is 2. The van der Waals surface area contributed by atoms with Crippen molar-refractivity contribution in [1.29, 1.82) is 0 Å². The number of benzene rings is 1. The monoisotopic (exact) mass is 518 g/mol. The van der Waals surface area contributed by atoms with Gasteiger partial charge in [0.05, 0.1) is 24.0 Å². The molecular weight excluding hydrogens is 487 g/mol. The zero-order valence-electron chi connectivity index (χ0n) is 21.1. The maximum absolute atomic E-state index is 15.1. The number of fused-ring (bicyclic) bond motifs is 2. The largest absolute Gasteiger partial charge is 0.444 e. The van der Waals surface area contributed by atoms with E-state index >= 15 is 4.39 Å². The first-order chi connectivity index (χ1) is 17.6. The molecule has 2 unspecified atom stereocenters. The number of cyclic esters (lactones) is 1. The molecule has 1 aliphatic carbocycles. The molecule has 0 saturated carbocycles. The number of rotatable bonds is 4. The highest BCUT2D eigenvalue weighted by molar-refractivity contribution is 5.90. The fourth-order valence-corrected chi connectivity index (χ4v) is 4.73. The van der Waals surface area contributed by atoms with Crippen molar-refractivity contribution in [2.45, 2.75) is 51.0 Å². The Labute approximate surface area is 214 Å². The van der Waals surface area contributed by atoms with Gasteiger partial charge in [0.15, 0.2) is 6.10 Å². The quantitative estimate of drug-likeness (QED) is 0.442. The highest BCUT2D eigenvalue weighted by atomic mass is 19.1. The molecule has 5 rings (SSSR count). The predicted molar refractivity (Wildman–Crippen MR) is 130 cm³/mol. The van der Waals surface area contributed by atoms with Crippen LogP contribution in [0.25, 0.3) is 0 Å². The smallest absolute Gasteiger partial charge is 0.434 e. The van der Waals surface area contributed by atoms with Gasteiger partial charge in [-0.25, -0.2) is 18.8 Å². The second kappa shape index (κ2) is 9.73. The molecule has 0 N–H and O–H groups in total. The third-order valence-corrected chi connectivity index (χ3v) is 6.53. The van der Waals surface area contributed by atoms with Gasteiger partial charge in [-0.3, -0.25) is 9.74 Å². The van der Waals surface area contributed by atoms with Crippen LogP contribution in [0, 0.1) is 5.82 Å². The molecule has 3 heterocycles. The normalized spacial score (nSPS) is 25.1. The molecule has 0 aromatic heterocycles. The Hall–Kier alpha value is -3.54. The summed E-state index contributed by atoms with van der Waals surface area (Å²) in [4.78, 5) is 47.2. The molecule has 3 amide bonds. The van der Waals surface area contributed by atoms with Gasteiger partial charge < -0.3 is 24.0 Å². The lowest BCUT2D eigenvalue weighted by molar-refractivity contribution is -0.130. The van der Waals surface area contributed by atoms with Crippen molar-refractivity contribution in [2.75, 3.05) is 49.1 Å². The van der Waals surface area contributed by atoms with E-state index in [0.717, 1.165) is 0 Å². The lowest BCUT2D eigenvalue weighted by Crippen LogP contribution is -2.50. The molecule has 3 fully saturated rings. The van der Waals surface area contributed by atoms with Gasteiger partial charge in [-0.05, 0) is 39.0 Å². The Kier molecular flexibility index (Phi) is 6.61. The highest BCUT2D eigenvalue weighted by Gasteiger charge is 2.40. The molecule has 0 radical (unpaired) electrons. The molecule has 3 atom stereocenters. The Morgan fingerprint density at radius 1 is 1.11 bits per heavy atom. The first-order valence-electron chi connectivity index (χ1n) is 12.4. The van der Waals surface area contributed by atoms with Crippen LogP contribution in [0.3, 0.4) is 0 Å². The molecule has 11 nitrogen and oxygen atoms in total. The van der Waals surface area contributed by atoms with Gasteiger partial charge in [0.2, 0.25) is 0 Å². The van der Waals surface area contributed by atoms with Crippen LogP contribution in [-0.2, 0) is 19.0 Å². The molecule has 37 heavy (non-hydrogen) atoms.